The maximum Gasteiger partial charge on any atom is 0.213 e. The molecule has 3 nitrogen and oxygen atoms in total. The molecule has 100 valence electrons. The average Bonchev–Trinajstić information content (AvgIpc) is 3.17. The summed E-state index contributed by atoms with van der Waals surface area (Å²) in [6, 6.07) is 4.82. The quantitative estimate of drug-likeness (QED) is 0.718. The lowest BCUT2D eigenvalue weighted by Gasteiger charge is -2.08. The Morgan fingerprint density at radius 3 is 2.83 bits per heavy atom. The predicted octanol–water partition coefficient (Wildman–Crippen LogP) is 3.15. The van der Waals surface area contributed by atoms with Gasteiger partial charge in [-0.2, -0.15) is 0 Å². The van der Waals surface area contributed by atoms with Crippen LogP contribution in [0, 0.1) is 5.92 Å². The fraction of sp³-hybridized carbons (Fsp3) is 0.667. The highest BCUT2D eigenvalue weighted by molar-refractivity contribution is 5.17. The summed E-state index contributed by atoms with van der Waals surface area (Å²) in [5.41, 5.74) is 1.23. The van der Waals surface area contributed by atoms with Crippen molar-refractivity contribution in [1.82, 2.24) is 10.3 Å². The van der Waals surface area contributed by atoms with Crippen LogP contribution >= 0.6 is 0 Å². The van der Waals surface area contributed by atoms with Gasteiger partial charge in [-0.3, -0.25) is 0 Å². The van der Waals surface area contributed by atoms with Crippen molar-refractivity contribution in [3.05, 3.63) is 23.9 Å². The lowest BCUT2D eigenvalue weighted by Crippen LogP contribution is -2.15. The Morgan fingerprint density at radius 1 is 1.39 bits per heavy atom. The van der Waals surface area contributed by atoms with Gasteiger partial charge >= 0.3 is 0 Å². The smallest absolute Gasteiger partial charge is 0.213 e. The van der Waals surface area contributed by atoms with Crippen molar-refractivity contribution in [2.75, 3.05) is 6.61 Å². The van der Waals surface area contributed by atoms with Crippen LogP contribution in [0.3, 0.4) is 0 Å². The Morgan fingerprint density at radius 2 is 2.22 bits per heavy atom. The van der Waals surface area contributed by atoms with Gasteiger partial charge in [0.25, 0.3) is 0 Å². The molecule has 0 radical (unpaired) electrons. The number of rotatable bonds is 8. The van der Waals surface area contributed by atoms with Gasteiger partial charge in [0.15, 0.2) is 0 Å². The Kier molecular flexibility index (Phi) is 5.00. The van der Waals surface area contributed by atoms with Gasteiger partial charge in [0, 0.05) is 24.8 Å². The second kappa shape index (κ2) is 6.74. The molecule has 1 fully saturated rings. The molecule has 2 rings (SSSR count). The highest BCUT2D eigenvalue weighted by Crippen LogP contribution is 2.19. The van der Waals surface area contributed by atoms with Crippen molar-refractivity contribution in [3.63, 3.8) is 0 Å². The third-order valence-electron chi connectivity index (χ3n) is 3.15. The molecule has 0 aliphatic heterocycles. The molecule has 0 atom stereocenters. The maximum atomic E-state index is 5.62. The molecule has 1 aromatic heterocycles. The van der Waals surface area contributed by atoms with Crippen molar-refractivity contribution in [2.45, 2.75) is 52.1 Å². The van der Waals surface area contributed by atoms with Gasteiger partial charge in [-0.25, -0.2) is 4.98 Å². The molecule has 18 heavy (non-hydrogen) atoms. The van der Waals surface area contributed by atoms with Crippen LogP contribution in [0.4, 0.5) is 0 Å². The van der Waals surface area contributed by atoms with E-state index in [1.54, 1.807) is 0 Å². The maximum absolute atomic E-state index is 5.62. The molecule has 1 heterocycles. The van der Waals surface area contributed by atoms with E-state index in [0.29, 0.717) is 0 Å². The summed E-state index contributed by atoms with van der Waals surface area (Å²) >= 11 is 0. The van der Waals surface area contributed by atoms with Crippen molar-refractivity contribution in [1.29, 1.82) is 0 Å². The molecule has 0 unspecified atom stereocenters. The number of aromatic nitrogens is 1. The van der Waals surface area contributed by atoms with E-state index in [-0.39, 0.29) is 0 Å². The fourth-order valence-electron chi connectivity index (χ4n) is 1.82. The standard InChI is InChI=1S/C15H24N2O/c1-12(2)4-3-9-18-15-8-5-13(11-17-15)10-16-14-6-7-14/h5,8,11-12,14,16H,3-4,6-7,9-10H2,1-2H3. The van der Waals surface area contributed by atoms with Crippen LogP contribution in [0.25, 0.3) is 0 Å². The number of nitrogens with zero attached hydrogens (tertiary/aromatic N) is 1. The molecule has 0 bridgehead atoms. The number of pyridine rings is 1. The minimum absolute atomic E-state index is 0.744. The molecule has 0 saturated heterocycles. The van der Waals surface area contributed by atoms with Gasteiger partial charge in [0.2, 0.25) is 5.88 Å². The van der Waals surface area contributed by atoms with Crippen LogP contribution in [0.15, 0.2) is 18.3 Å². The van der Waals surface area contributed by atoms with Gasteiger partial charge < -0.3 is 10.1 Å². The zero-order valence-electron chi connectivity index (χ0n) is 11.5. The van der Waals surface area contributed by atoms with E-state index in [1.165, 1.54) is 24.8 Å². The minimum atomic E-state index is 0.744. The van der Waals surface area contributed by atoms with Crippen LogP contribution < -0.4 is 10.1 Å². The number of hydrogen-bond acceptors (Lipinski definition) is 3. The first-order chi connectivity index (χ1) is 8.74. The first kappa shape index (κ1) is 13.3. The third-order valence-corrected chi connectivity index (χ3v) is 3.15. The van der Waals surface area contributed by atoms with Crippen molar-refractivity contribution in [3.8, 4) is 5.88 Å². The SMILES string of the molecule is CC(C)CCCOc1ccc(CNC2CC2)cn1. The van der Waals surface area contributed by atoms with Crippen LogP contribution in [0.5, 0.6) is 5.88 Å². The first-order valence-electron chi connectivity index (χ1n) is 7.05. The lowest BCUT2D eigenvalue weighted by atomic mass is 10.1. The van der Waals surface area contributed by atoms with Crippen LogP contribution in [0.2, 0.25) is 0 Å². The van der Waals surface area contributed by atoms with Gasteiger partial charge in [-0.15, -0.1) is 0 Å². The summed E-state index contributed by atoms with van der Waals surface area (Å²) in [6.07, 6.45) is 6.87. The molecule has 1 aromatic rings. The number of hydrogen-bond donors (Lipinski definition) is 1. The largest absolute Gasteiger partial charge is 0.478 e. The Balaban J connectivity index is 1.66. The first-order valence-corrected chi connectivity index (χ1v) is 7.05. The summed E-state index contributed by atoms with van der Waals surface area (Å²) in [6.45, 7) is 6.16. The van der Waals surface area contributed by atoms with Gasteiger partial charge in [0.1, 0.15) is 0 Å². The summed E-state index contributed by atoms with van der Waals surface area (Å²) in [5.74, 6) is 1.49. The van der Waals surface area contributed by atoms with Crippen LogP contribution in [0.1, 0.15) is 45.1 Å². The summed E-state index contributed by atoms with van der Waals surface area (Å²) in [5, 5.41) is 3.48. The third kappa shape index (κ3) is 5.05. The predicted molar refractivity (Wildman–Crippen MR) is 73.7 cm³/mol. The molecular formula is C15H24N2O. The molecule has 1 N–H and O–H groups in total. The summed E-state index contributed by atoms with van der Waals surface area (Å²) < 4.78 is 5.62. The monoisotopic (exact) mass is 248 g/mol. The highest BCUT2D eigenvalue weighted by atomic mass is 16.5. The Hall–Kier alpha value is -1.09. The van der Waals surface area contributed by atoms with Crippen LogP contribution in [-0.4, -0.2) is 17.6 Å². The molecule has 1 aliphatic carbocycles. The topological polar surface area (TPSA) is 34.1 Å². The van der Waals surface area contributed by atoms with E-state index in [2.05, 4.69) is 30.2 Å². The molecule has 1 saturated carbocycles. The number of ether oxygens (including phenoxy) is 1. The lowest BCUT2D eigenvalue weighted by molar-refractivity contribution is 0.287. The molecule has 0 spiro atoms. The fourth-order valence-corrected chi connectivity index (χ4v) is 1.82. The second-order valence-electron chi connectivity index (χ2n) is 5.54. The summed E-state index contributed by atoms with van der Waals surface area (Å²) in [7, 11) is 0. The highest BCUT2D eigenvalue weighted by Gasteiger charge is 2.19. The normalized spacial score (nSPS) is 15.1. The molecule has 3 heteroatoms. The zero-order valence-corrected chi connectivity index (χ0v) is 11.5. The molecule has 0 aromatic carbocycles. The van der Waals surface area contributed by atoms with Gasteiger partial charge in [0.05, 0.1) is 6.61 Å². The van der Waals surface area contributed by atoms with E-state index < -0.39 is 0 Å². The second-order valence-corrected chi connectivity index (χ2v) is 5.54. The van der Waals surface area contributed by atoms with Crippen molar-refractivity contribution >= 4 is 0 Å². The zero-order chi connectivity index (χ0) is 12.8. The molecule has 0 amide bonds. The van der Waals surface area contributed by atoms with E-state index in [1.807, 2.05) is 12.3 Å². The molecular weight excluding hydrogens is 224 g/mol. The summed E-state index contributed by atoms with van der Waals surface area (Å²) in [4.78, 5) is 4.33. The average molecular weight is 248 g/mol. The van der Waals surface area contributed by atoms with E-state index in [4.69, 9.17) is 4.74 Å². The van der Waals surface area contributed by atoms with E-state index >= 15 is 0 Å². The van der Waals surface area contributed by atoms with Gasteiger partial charge in [-0.1, -0.05) is 19.9 Å². The van der Waals surface area contributed by atoms with Crippen molar-refractivity contribution in [2.24, 2.45) is 5.92 Å². The van der Waals surface area contributed by atoms with Crippen LogP contribution in [-0.2, 0) is 6.54 Å². The van der Waals surface area contributed by atoms with E-state index in [9.17, 15) is 0 Å². The molecule has 1 aliphatic rings. The van der Waals surface area contributed by atoms with E-state index in [0.717, 1.165) is 37.4 Å². The Bertz CT molecular complexity index is 344. The minimum Gasteiger partial charge on any atom is -0.478 e. The van der Waals surface area contributed by atoms with Crippen molar-refractivity contribution < 1.29 is 4.74 Å². The Labute approximate surface area is 110 Å². The number of nitrogens with one attached hydrogen (secondary N) is 1. The van der Waals surface area contributed by atoms with Gasteiger partial charge in [-0.05, 0) is 37.2 Å².